The number of para-hydroxylation sites is 1. The third kappa shape index (κ3) is 1.76. The van der Waals surface area contributed by atoms with Crippen molar-refractivity contribution in [3.63, 3.8) is 0 Å². The average molecular weight is 356 g/mol. The number of rotatable bonds is 2. The van der Waals surface area contributed by atoms with E-state index in [1.54, 1.807) is 14.0 Å². The summed E-state index contributed by atoms with van der Waals surface area (Å²) in [6.45, 7) is 4.10. The van der Waals surface area contributed by atoms with Crippen LogP contribution >= 0.6 is 0 Å². The number of aliphatic hydroxyl groups excluding tert-OH is 1. The standard InChI is InChI=1S/C21H28N2O3/c1-14(25)23-17-7-9-20(13-24)8-4-11-22-12-10-21(17,19(20)22)15-5-3-6-16(26-2)18(15)23/h3,5-6,17,19,24H,4,7-13H2,1-2H3/t17-,19-,20-,21-/m1/s1. The number of methoxy groups -OCH3 is 1. The van der Waals surface area contributed by atoms with Crippen LogP contribution in [-0.4, -0.2) is 54.8 Å². The number of benzene rings is 1. The van der Waals surface area contributed by atoms with Crippen molar-refractivity contribution in [3.05, 3.63) is 23.8 Å². The summed E-state index contributed by atoms with van der Waals surface area (Å²) in [6, 6.07) is 6.74. The van der Waals surface area contributed by atoms with Crippen LogP contribution in [0.3, 0.4) is 0 Å². The van der Waals surface area contributed by atoms with E-state index in [1.165, 1.54) is 12.0 Å². The fraction of sp³-hybridized carbons (Fsp3) is 0.667. The number of hydrogen-bond acceptors (Lipinski definition) is 4. The predicted octanol–water partition coefficient (Wildman–Crippen LogP) is 2.31. The Hall–Kier alpha value is -1.59. The molecule has 5 rings (SSSR count). The summed E-state index contributed by atoms with van der Waals surface area (Å²) < 4.78 is 5.68. The van der Waals surface area contributed by atoms with Crippen LogP contribution in [0.4, 0.5) is 5.69 Å². The van der Waals surface area contributed by atoms with Gasteiger partial charge in [-0.05, 0) is 56.8 Å². The highest BCUT2D eigenvalue weighted by molar-refractivity contribution is 5.98. The van der Waals surface area contributed by atoms with Crippen LogP contribution in [0, 0.1) is 5.41 Å². The normalized spacial score (nSPS) is 37.9. The highest BCUT2D eigenvalue weighted by atomic mass is 16.5. The number of nitrogens with zero attached hydrogens (tertiary/aromatic N) is 2. The molecule has 1 N–H and O–H groups in total. The summed E-state index contributed by atoms with van der Waals surface area (Å²) in [5, 5.41) is 10.4. The molecule has 0 unspecified atom stereocenters. The molecule has 5 nitrogen and oxygen atoms in total. The predicted molar refractivity (Wildman–Crippen MR) is 99.6 cm³/mol. The molecule has 0 bridgehead atoms. The highest BCUT2D eigenvalue weighted by Gasteiger charge is 2.69. The maximum atomic E-state index is 12.7. The van der Waals surface area contributed by atoms with Gasteiger partial charge >= 0.3 is 0 Å². The van der Waals surface area contributed by atoms with Crippen LogP contribution in [0.15, 0.2) is 18.2 Å². The zero-order valence-electron chi connectivity index (χ0n) is 15.7. The van der Waals surface area contributed by atoms with Crippen molar-refractivity contribution in [2.75, 3.05) is 31.7 Å². The lowest BCUT2D eigenvalue weighted by Gasteiger charge is -2.58. The Labute approximate surface area is 154 Å². The fourth-order valence-corrected chi connectivity index (χ4v) is 7.07. The fourth-order valence-electron chi connectivity index (χ4n) is 7.07. The summed E-state index contributed by atoms with van der Waals surface area (Å²) in [4.78, 5) is 17.4. The van der Waals surface area contributed by atoms with Crippen molar-refractivity contribution in [3.8, 4) is 5.75 Å². The summed E-state index contributed by atoms with van der Waals surface area (Å²) in [5.41, 5.74) is 2.15. The first kappa shape index (κ1) is 16.6. The van der Waals surface area contributed by atoms with Crippen molar-refractivity contribution in [2.45, 2.75) is 56.5 Å². The van der Waals surface area contributed by atoms with Gasteiger partial charge in [-0.1, -0.05) is 12.1 Å². The van der Waals surface area contributed by atoms with Gasteiger partial charge in [0.1, 0.15) is 5.75 Å². The Balaban J connectivity index is 1.77. The van der Waals surface area contributed by atoms with E-state index in [0.717, 1.165) is 50.2 Å². The molecule has 4 atom stereocenters. The molecule has 5 heteroatoms. The first-order valence-corrected chi connectivity index (χ1v) is 9.91. The molecule has 1 saturated carbocycles. The monoisotopic (exact) mass is 356 g/mol. The molecule has 2 saturated heterocycles. The lowest BCUT2D eigenvalue weighted by molar-refractivity contribution is -0.118. The number of carbonyl (C=O) groups excluding carboxylic acids is 1. The Morgan fingerprint density at radius 3 is 2.88 bits per heavy atom. The number of ether oxygens (including phenoxy) is 1. The van der Waals surface area contributed by atoms with Gasteiger partial charge in [0, 0.05) is 29.8 Å². The minimum atomic E-state index is -0.0725. The Bertz CT molecular complexity index is 766. The summed E-state index contributed by atoms with van der Waals surface area (Å²) in [7, 11) is 1.69. The third-order valence-electron chi connectivity index (χ3n) is 7.80. The average Bonchev–Trinajstić information content (AvgIpc) is 3.19. The van der Waals surface area contributed by atoms with Crippen molar-refractivity contribution >= 4 is 11.6 Å². The van der Waals surface area contributed by atoms with Crippen LogP contribution < -0.4 is 9.64 Å². The quantitative estimate of drug-likeness (QED) is 0.884. The highest BCUT2D eigenvalue weighted by Crippen LogP contribution is 2.65. The van der Waals surface area contributed by atoms with E-state index in [0.29, 0.717) is 6.04 Å². The Kier molecular flexibility index (Phi) is 3.48. The molecule has 3 fully saturated rings. The van der Waals surface area contributed by atoms with Crippen LogP contribution in [-0.2, 0) is 10.2 Å². The maximum Gasteiger partial charge on any atom is 0.224 e. The summed E-state index contributed by atoms with van der Waals surface area (Å²) in [6.07, 6.45) is 5.28. The van der Waals surface area contributed by atoms with Gasteiger partial charge in [0.2, 0.25) is 5.91 Å². The van der Waals surface area contributed by atoms with Crippen LogP contribution in [0.2, 0.25) is 0 Å². The van der Waals surface area contributed by atoms with Crippen LogP contribution in [0.5, 0.6) is 5.75 Å². The minimum Gasteiger partial charge on any atom is -0.495 e. The van der Waals surface area contributed by atoms with E-state index in [1.807, 2.05) is 11.0 Å². The van der Waals surface area contributed by atoms with E-state index in [-0.39, 0.29) is 29.4 Å². The van der Waals surface area contributed by atoms with Crippen molar-refractivity contribution in [1.82, 2.24) is 4.90 Å². The van der Waals surface area contributed by atoms with Gasteiger partial charge in [-0.15, -0.1) is 0 Å². The molecule has 1 spiro atoms. The van der Waals surface area contributed by atoms with E-state index >= 15 is 0 Å². The largest absolute Gasteiger partial charge is 0.495 e. The van der Waals surface area contributed by atoms with Crippen molar-refractivity contribution < 1.29 is 14.6 Å². The summed E-state index contributed by atoms with van der Waals surface area (Å²) >= 11 is 0. The Morgan fingerprint density at radius 1 is 1.31 bits per heavy atom. The topological polar surface area (TPSA) is 53.0 Å². The van der Waals surface area contributed by atoms with E-state index in [9.17, 15) is 9.90 Å². The van der Waals surface area contributed by atoms with E-state index < -0.39 is 0 Å². The molecule has 3 heterocycles. The number of amides is 1. The van der Waals surface area contributed by atoms with E-state index in [2.05, 4.69) is 17.0 Å². The minimum absolute atomic E-state index is 0.0294. The molecule has 3 aliphatic heterocycles. The van der Waals surface area contributed by atoms with Gasteiger partial charge < -0.3 is 14.7 Å². The SMILES string of the molecule is COc1cccc2c1N(C(C)=O)[C@@H]1CC[C@@]3(CO)CCCN4CC[C@@]21[C@H]43. The molecular formula is C21H28N2O3. The van der Waals surface area contributed by atoms with Crippen molar-refractivity contribution in [2.24, 2.45) is 5.41 Å². The van der Waals surface area contributed by atoms with Crippen LogP contribution in [0.25, 0.3) is 0 Å². The van der Waals surface area contributed by atoms with Gasteiger partial charge in [0.15, 0.2) is 0 Å². The molecule has 1 aromatic carbocycles. The molecule has 1 aliphatic carbocycles. The zero-order chi connectivity index (χ0) is 18.1. The van der Waals surface area contributed by atoms with Gasteiger partial charge in [-0.25, -0.2) is 0 Å². The number of carbonyl (C=O) groups is 1. The van der Waals surface area contributed by atoms with Gasteiger partial charge in [-0.2, -0.15) is 0 Å². The smallest absolute Gasteiger partial charge is 0.224 e. The third-order valence-corrected chi connectivity index (χ3v) is 7.80. The molecular weight excluding hydrogens is 328 g/mol. The number of aliphatic hydroxyl groups is 1. The lowest BCUT2D eigenvalue weighted by atomic mass is 9.53. The molecule has 0 aromatic heterocycles. The first-order valence-electron chi connectivity index (χ1n) is 9.91. The second-order valence-corrected chi connectivity index (χ2v) is 8.65. The van der Waals surface area contributed by atoms with Gasteiger partial charge in [-0.3, -0.25) is 9.69 Å². The van der Waals surface area contributed by atoms with E-state index in [4.69, 9.17) is 4.74 Å². The second kappa shape index (κ2) is 5.46. The second-order valence-electron chi connectivity index (χ2n) is 8.65. The zero-order valence-corrected chi connectivity index (χ0v) is 15.7. The van der Waals surface area contributed by atoms with Gasteiger partial charge in [0.05, 0.1) is 19.4 Å². The summed E-state index contributed by atoms with van der Waals surface area (Å²) in [5.74, 6) is 0.897. The van der Waals surface area contributed by atoms with Crippen molar-refractivity contribution in [1.29, 1.82) is 0 Å². The molecule has 1 amide bonds. The molecule has 1 aromatic rings. The van der Waals surface area contributed by atoms with Crippen LogP contribution in [0.1, 0.15) is 44.6 Å². The first-order chi connectivity index (χ1) is 12.6. The Morgan fingerprint density at radius 2 is 2.15 bits per heavy atom. The molecule has 4 aliphatic rings. The number of hydrogen-bond donors (Lipinski definition) is 1. The lowest BCUT2D eigenvalue weighted by Crippen LogP contribution is -2.66. The number of piperidine rings is 1. The maximum absolute atomic E-state index is 12.7. The molecule has 26 heavy (non-hydrogen) atoms. The number of anilines is 1. The molecule has 0 radical (unpaired) electrons. The van der Waals surface area contributed by atoms with Gasteiger partial charge in [0.25, 0.3) is 0 Å². The number of fused-ring (bicyclic) bond motifs is 1. The molecule has 140 valence electrons.